The van der Waals surface area contributed by atoms with E-state index in [0.29, 0.717) is 5.92 Å². The third-order valence-electron chi connectivity index (χ3n) is 3.76. The summed E-state index contributed by atoms with van der Waals surface area (Å²) in [6.45, 7) is 4.49. The fraction of sp³-hybridized carbons (Fsp3) is 0.750. The summed E-state index contributed by atoms with van der Waals surface area (Å²) in [5.41, 5.74) is 1.06. The van der Waals surface area contributed by atoms with Crippen LogP contribution in [0.2, 0.25) is 0 Å². The molecule has 1 aliphatic rings. The predicted molar refractivity (Wildman–Crippen MR) is 59.3 cm³/mol. The van der Waals surface area contributed by atoms with Gasteiger partial charge in [0.05, 0.1) is 5.69 Å². The number of hydrogen-bond acceptors (Lipinski definition) is 2. The molecule has 3 heteroatoms. The van der Waals surface area contributed by atoms with Crippen LogP contribution in [0.4, 0.5) is 0 Å². The first-order valence-electron chi connectivity index (χ1n) is 5.68. The lowest BCUT2D eigenvalue weighted by Crippen LogP contribution is -2.24. The van der Waals surface area contributed by atoms with E-state index < -0.39 is 6.10 Å². The summed E-state index contributed by atoms with van der Waals surface area (Å²) in [5, 5.41) is 14.6. The summed E-state index contributed by atoms with van der Waals surface area (Å²) < 4.78 is 1.75. The van der Waals surface area contributed by atoms with Crippen LogP contribution >= 0.6 is 0 Å². The highest BCUT2D eigenvalue weighted by atomic mass is 16.3. The fourth-order valence-corrected chi connectivity index (χ4v) is 2.74. The maximum atomic E-state index is 10.3. The summed E-state index contributed by atoms with van der Waals surface area (Å²) in [6, 6.07) is 1.92. The van der Waals surface area contributed by atoms with Crippen molar-refractivity contribution in [1.82, 2.24) is 9.78 Å². The molecule has 1 aromatic heterocycles. The predicted octanol–water partition coefficient (Wildman–Crippen LogP) is 2.28. The number of aromatic nitrogens is 2. The van der Waals surface area contributed by atoms with E-state index in [1.807, 2.05) is 19.3 Å². The second-order valence-electron chi connectivity index (χ2n) is 5.35. The first kappa shape index (κ1) is 10.7. The molecule has 1 heterocycles. The van der Waals surface area contributed by atoms with Gasteiger partial charge in [-0.3, -0.25) is 4.68 Å². The average molecular weight is 208 g/mol. The van der Waals surface area contributed by atoms with E-state index in [1.165, 1.54) is 12.8 Å². The molecule has 0 spiro atoms. The number of aliphatic hydroxyl groups excluding tert-OH is 1. The molecule has 1 aromatic rings. The summed E-state index contributed by atoms with van der Waals surface area (Å²) in [5.74, 6) is 0.354. The van der Waals surface area contributed by atoms with Gasteiger partial charge in [0.15, 0.2) is 0 Å². The molecule has 0 bridgehead atoms. The van der Waals surface area contributed by atoms with Crippen molar-refractivity contribution < 1.29 is 5.11 Å². The van der Waals surface area contributed by atoms with Crippen molar-refractivity contribution in [2.75, 3.05) is 0 Å². The molecular weight excluding hydrogens is 188 g/mol. The smallest absolute Gasteiger partial charge is 0.101 e. The Balaban J connectivity index is 2.17. The topological polar surface area (TPSA) is 38.0 Å². The molecule has 1 N–H and O–H groups in total. The molecule has 0 amide bonds. The normalized spacial score (nSPS) is 26.8. The lowest BCUT2D eigenvalue weighted by Gasteiger charge is -2.30. The molecule has 15 heavy (non-hydrogen) atoms. The van der Waals surface area contributed by atoms with Crippen LogP contribution in [-0.2, 0) is 7.05 Å². The van der Waals surface area contributed by atoms with Gasteiger partial charge >= 0.3 is 0 Å². The maximum Gasteiger partial charge on any atom is 0.101 e. The van der Waals surface area contributed by atoms with Crippen molar-refractivity contribution in [2.45, 2.75) is 39.2 Å². The van der Waals surface area contributed by atoms with E-state index in [2.05, 4.69) is 18.9 Å². The Labute approximate surface area is 91.1 Å². The SMILES string of the molecule is Cn1ccc(C(O)C2CCCC2(C)C)n1. The number of aliphatic hydroxyl groups is 1. The van der Waals surface area contributed by atoms with Gasteiger partial charge in [-0.05, 0) is 30.2 Å². The summed E-state index contributed by atoms with van der Waals surface area (Å²) in [7, 11) is 1.88. The van der Waals surface area contributed by atoms with Crippen LogP contribution in [0.5, 0.6) is 0 Å². The number of aryl methyl sites for hydroxylation is 1. The van der Waals surface area contributed by atoms with E-state index in [1.54, 1.807) is 4.68 Å². The van der Waals surface area contributed by atoms with E-state index >= 15 is 0 Å². The van der Waals surface area contributed by atoms with E-state index in [4.69, 9.17) is 0 Å². The van der Waals surface area contributed by atoms with Gasteiger partial charge in [-0.2, -0.15) is 5.10 Å². The minimum atomic E-state index is -0.399. The summed E-state index contributed by atoms with van der Waals surface area (Å²) in [6.07, 6.45) is 5.04. The average Bonchev–Trinajstić information content (AvgIpc) is 2.70. The van der Waals surface area contributed by atoms with E-state index in [-0.39, 0.29) is 5.41 Å². The minimum Gasteiger partial charge on any atom is -0.386 e. The largest absolute Gasteiger partial charge is 0.386 e. The Morgan fingerprint density at radius 2 is 2.33 bits per heavy atom. The molecule has 0 radical (unpaired) electrons. The molecular formula is C12H20N2O. The lowest BCUT2D eigenvalue weighted by molar-refractivity contribution is 0.0495. The van der Waals surface area contributed by atoms with E-state index in [9.17, 15) is 5.11 Å². The zero-order valence-electron chi connectivity index (χ0n) is 9.77. The van der Waals surface area contributed by atoms with Crippen molar-refractivity contribution in [2.24, 2.45) is 18.4 Å². The zero-order valence-corrected chi connectivity index (χ0v) is 9.77. The van der Waals surface area contributed by atoms with Gasteiger partial charge in [0.2, 0.25) is 0 Å². The third-order valence-corrected chi connectivity index (χ3v) is 3.76. The van der Waals surface area contributed by atoms with Crippen molar-refractivity contribution in [3.05, 3.63) is 18.0 Å². The molecule has 3 nitrogen and oxygen atoms in total. The summed E-state index contributed by atoms with van der Waals surface area (Å²) in [4.78, 5) is 0. The molecule has 84 valence electrons. The second-order valence-corrected chi connectivity index (χ2v) is 5.35. The Hall–Kier alpha value is -0.830. The lowest BCUT2D eigenvalue weighted by atomic mass is 9.78. The van der Waals surface area contributed by atoms with Gasteiger partial charge in [0.25, 0.3) is 0 Å². The van der Waals surface area contributed by atoms with Crippen LogP contribution in [0.1, 0.15) is 44.9 Å². The third kappa shape index (κ3) is 1.93. The molecule has 2 rings (SSSR count). The fourth-order valence-electron chi connectivity index (χ4n) is 2.74. The Bertz CT molecular complexity index is 343. The quantitative estimate of drug-likeness (QED) is 0.809. The molecule has 1 fully saturated rings. The Kier molecular flexibility index (Phi) is 2.59. The van der Waals surface area contributed by atoms with Gasteiger partial charge < -0.3 is 5.11 Å². The molecule has 0 saturated heterocycles. The molecule has 2 atom stereocenters. The van der Waals surface area contributed by atoms with Crippen LogP contribution in [0.25, 0.3) is 0 Å². The Morgan fingerprint density at radius 3 is 2.80 bits per heavy atom. The highest BCUT2D eigenvalue weighted by molar-refractivity contribution is 5.07. The van der Waals surface area contributed by atoms with Gasteiger partial charge in [-0.1, -0.05) is 20.3 Å². The van der Waals surface area contributed by atoms with Gasteiger partial charge in [0.1, 0.15) is 6.10 Å². The Morgan fingerprint density at radius 1 is 1.60 bits per heavy atom. The highest BCUT2D eigenvalue weighted by Crippen LogP contribution is 2.48. The van der Waals surface area contributed by atoms with Crippen LogP contribution in [0.15, 0.2) is 12.3 Å². The van der Waals surface area contributed by atoms with E-state index in [0.717, 1.165) is 12.1 Å². The zero-order chi connectivity index (χ0) is 11.1. The number of nitrogens with zero attached hydrogens (tertiary/aromatic N) is 2. The van der Waals surface area contributed by atoms with Crippen LogP contribution < -0.4 is 0 Å². The monoisotopic (exact) mass is 208 g/mol. The molecule has 2 unspecified atom stereocenters. The van der Waals surface area contributed by atoms with Crippen LogP contribution in [0, 0.1) is 11.3 Å². The van der Waals surface area contributed by atoms with Crippen molar-refractivity contribution in [3.63, 3.8) is 0 Å². The first-order valence-corrected chi connectivity index (χ1v) is 5.68. The standard InChI is InChI=1S/C12H20N2O/c1-12(2)7-4-5-9(12)11(15)10-6-8-14(3)13-10/h6,8-9,11,15H,4-5,7H2,1-3H3. The molecule has 0 aliphatic heterocycles. The summed E-state index contributed by atoms with van der Waals surface area (Å²) >= 11 is 0. The van der Waals surface area contributed by atoms with Gasteiger partial charge in [-0.25, -0.2) is 0 Å². The van der Waals surface area contributed by atoms with Gasteiger partial charge in [0, 0.05) is 13.2 Å². The second kappa shape index (κ2) is 3.63. The van der Waals surface area contributed by atoms with Gasteiger partial charge in [-0.15, -0.1) is 0 Å². The molecule has 1 saturated carbocycles. The first-order chi connectivity index (χ1) is 7.00. The van der Waals surface area contributed by atoms with Crippen LogP contribution in [-0.4, -0.2) is 14.9 Å². The number of rotatable bonds is 2. The highest BCUT2D eigenvalue weighted by Gasteiger charge is 2.40. The van der Waals surface area contributed by atoms with Crippen molar-refractivity contribution >= 4 is 0 Å². The van der Waals surface area contributed by atoms with Crippen molar-refractivity contribution in [1.29, 1.82) is 0 Å². The number of hydrogen-bond donors (Lipinski definition) is 1. The maximum absolute atomic E-state index is 10.3. The molecule has 0 aromatic carbocycles. The van der Waals surface area contributed by atoms with Crippen molar-refractivity contribution in [3.8, 4) is 0 Å². The minimum absolute atomic E-state index is 0.247. The van der Waals surface area contributed by atoms with Crippen LogP contribution in [0.3, 0.4) is 0 Å². The molecule has 1 aliphatic carbocycles.